The summed E-state index contributed by atoms with van der Waals surface area (Å²) in [7, 11) is 0. The van der Waals surface area contributed by atoms with Gasteiger partial charge in [-0.25, -0.2) is 0 Å². The number of unbranched alkanes of at least 4 members (excludes halogenated alkanes) is 3. The summed E-state index contributed by atoms with van der Waals surface area (Å²) in [4.78, 5) is 1.34. The molecule has 1 rings (SSSR count). The van der Waals surface area contributed by atoms with Crippen molar-refractivity contribution in [2.45, 2.75) is 30.6 Å². The highest BCUT2D eigenvalue weighted by atomic mass is 32.2. The summed E-state index contributed by atoms with van der Waals surface area (Å²) < 4.78 is 0. The Morgan fingerprint density at radius 3 is 2.57 bits per heavy atom. The summed E-state index contributed by atoms with van der Waals surface area (Å²) in [5, 5.41) is 8.35. The minimum Gasteiger partial charge on any atom is -0.198 e. The summed E-state index contributed by atoms with van der Waals surface area (Å²) >= 11 is 1.90. The number of nitriles is 1. The molecule has 0 atom stereocenters. The molecule has 0 radical (unpaired) electrons. The molecule has 0 aliphatic heterocycles. The lowest BCUT2D eigenvalue weighted by Crippen LogP contribution is -1.81. The van der Waals surface area contributed by atoms with Gasteiger partial charge < -0.3 is 0 Å². The molecule has 1 aromatic rings. The molecule has 0 amide bonds. The zero-order chi connectivity index (χ0) is 10.1. The Morgan fingerprint density at radius 2 is 1.86 bits per heavy atom. The smallest absolute Gasteiger partial charge is 0.0621 e. The van der Waals surface area contributed by atoms with Crippen LogP contribution in [0.2, 0.25) is 0 Å². The lowest BCUT2D eigenvalue weighted by molar-refractivity contribution is 0.739. The molecule has 0 spiro atoms. The molecule has 2 heteroatoms. The van der Waals surface area contributed by atoms with Crippen LogP contribution in [0.4, 0.5) is 0 Å². The van der Waals surface area contributed by atoms with Crippen molar-refractivity contribution < 1.29 is 0 Å². The van der Waals surface area contributed by atoms with E-state index >= 15 is 0 Å². The second-order valence-corrected chi connectivity index (χ2v) is 4.30. The van der Waals surface area contributed by atoms with Gasteiger partial charge in [0.15, 0.2) is 0 Å². The standard InChI is InChI=1S/C12H15NS/c13-10-6-1-2-7-11-14-12-8-4-3-5-9-12/h3-5,8-9H,1-2,6-7,11H2. The first kappa shape index (κ1) is 11.1. The van der Waals surface area contributed by atoms with E-state index in [2.05, 4.69) is 30.3 Å². The fourth-order valence-electron chi connectivity index (χ4n) is 1.19. The molecular formula is C12H15NS. The summed E-state index contributed by atoms with van der Waals surface area (Å²) in [6.45, 7) is 0. The fourth-order valence-corrected chi connectivity index (χ4v) is 2.12. The molecule has 0 saturated heterocycles. The molecule has 1 aromatic carbocycles. The monoisotopic (exact) mass is 205 g/mol. The number of hydrogen-bond acceptors (Lipinski definition) is 2. The van der Waals surface area contributed by atoms with Crippen LogP contribution in [0.5, 0.6) is 0 Å². The molecule has 74 valence electrons. The SMILES string of the molecule is N#CCCCCCSc1ccccc1. The predicted molar refractivity (Wildman–Crippen MR) is 61.2 cm³/mol. The molecule has 0 unspecified atom stereocenters. The first-order valence-electron chi connectivity index (χ1n) is 4.98. The van der Waals surface area contributed by atoms with Crippen LogP contribution >= 0.6 is 11.8 Å². The Balaban J connectivity index is 2.03. The number of nitrogens with zero attached hydrogens (tertiary/aromatic N) is 1. The quantitative estimate of drug-likeness (QED) is 0.520. The third-order valence-corrected chi connectivity index (χ3v) is 3.04. The van der Waals surface area contributed by atoms with E-state index in [1.807, 2.05) is 17.8 Å². The number of benzene rings is 1. The predicted octanol–water partition coefficient (Wildman–Crippen LogP) is 3.86. The average molecular weight is 205 g/mol. The van der Waals surface area contributed by atoms with Crippen molar-refractivity contribution in [3.63, 3.8) is 0 Å². The Hall–Kier alpha value is -0.940. The number of thioether (sulfide) groups is 1. The molecule has 0 aromatic heterocycles. The molecule has 0 bridgehead atoms. The summed E-state index contributed by atoms with van der Waals surface area (Å²) in [5.41, 5.74) is 0. The van der Waals surface area contributed by atoms with Crippen molar-refractivity contribution in [1.29, 1.82) is 5.26 Å². The van der Waals surface area contributed by atoms with Crippen molar-refractivity contribution in [3.05, 3.63) is 30.3 Å². The second kappa shape index (κ2) is 7.46. The van der Waals surface area contributed by atoms with Crippen molar-refractivity contribution in [1.82, 2.24) is 0 Å². The van der Waals surface area contributed by atoms with Gasteiger partial charge in [0.05, 0.1) is 6.07 Å². The Kier molecular flexibility index (Phi) is 5.94. The van der Waals surface area contributed by atoms with Crippen LogP contribution in [0.3, 0.4) is 0 Å². The van der Waals surface area contributed by atoms with Crippen LogP contribution in [0.25, 0.3) is 0 Å². The number of rotatable bonds is 6. The van der Waals surface area contributed by atoms with E-state index in [4.69, 9.17) is 5.26 Å². The molecule has 14 heavy (non-hydrogen) atoms. The lowest BCUT2D eigenvalue weighted by Gasteiger charge is -1.99. The van der Waals surface area contributed by atoms with Gasteiger partial charge in [-0.2, -0.15) is 5.26 Å². The molecule has 0 N–H and O–H groups in total. The van der Waals surface area contributed by atoms with Crippen LogP contribution in [0.1, 0.15) is 25.7 Å². The first-order valence-corrected chi connectivity index (χ1v) is 5.97. The van der Waals surface area contributed by atoms with Crippen LogP contribution < -0.4 is 0 Å². The van der Waals surface area contributed by atoms with Gasteiger partial charge in [0.1, 0.15) is 0 Å². The topological polar surface area (TPSA) is 23.8 Å². The van der Waals surface area contributed by atoms with Crippen molar-refractivity contribution in [2.75, 3.05) is 5.75 Å². The zero-order valence-electron chi connectivity index (χ0n) is 8.28. The summed E-state index contributed by atoms with van der Waals surface area (Å²) in [6.07, 6.45) is 4.14. The van der Waals surface area contributed by atoms with Gasteiger partial charge in [-0.15, -0.1) is 11.8 Å². The van der Waals surface area contributed by atoms with Gasteiger partial charge in [-0.1, -0.05) is 24.6 Å². The number of hydrogen-bond donors (Lipinski definition) is 0. The van der Waals surface area contributed by atoms with Crippen LogP contribution in [-0.4, -0.2) is 5.75 Å². The molecule has 0 saturated carbocycles. The van der Waals surface area contributed by atoms with Crippen LogP contribution in [0.15, 0.2) is 35.2 Å². The van der Waals surface area contributed by atoms with Gasteiger partial charge >= 0.3 is 0 Å². The van der Waals surface area contributed by atoms with E-state index in [9.17, 15) is 0 Å². The average Bonchev–Trinajstić information content (AvgIpc) is 2.25. The highest BCUT2D eigenvalue weighted by Gasteiger charge is 1.92. The molecule has 0 aliphatic carbocycles. The maximum Gasteiger partial charge on any atom is 0.0621 e. The van der Waals surface area contributed by atoms with Crippen molar-refractivity contribution in [2.24, 2.45) is 0 Å². The third-order valence-electron chi connectivity index (χ3n) is 1.94. The van der Waals surface area contributed by atoms with Crippen molar-refractivity contribution >= 4 is 11.8 Å². The van der Waals surface area contributed by atoms with Gasteiger partial charge in [0, 0.05) is 11.3 Å². The van der Waals surface area contributed by atoms with Gasteiger partial charge in [0.2, 0.25) is 0 Å². The molecular weight excluding hydrogens is 190 g/mol. The largest absolute Gasteiger partial charge is 0.198 e. The van der Waals surface area contributed by atoms with Gasteiger partial charge in [-0.3, -0.25) is 0 Å². The maximum absolute atomic E-state index is 8.35. The minimum absolute atomic E-state index is 0.704. The zero-order valence-corrected chi connectivity index (χ0v) is 9.09. The third kappa shape index (κ3) is 4.94. The molecule has 0 fully saturated rings. The Labute approximate surface area is 90.1 Å². The van der Waals surface area contributed by atoms with E-state index in [1.54, 1.807) is 0 Å². The highest BCUT2D eigenvalue weighted by Crippen LogP contribution is 2.18. The highest BCUT2D eigenvalue weighted by molar-refractivity contribution is 7.99. The van der Waals surface area contributed by atoms with E-state index in [0.717, 1.165) is 12.2 Å². The molecule has 0 aliphatic rings. The Morgan fingerprint density at radius 1 is 1.07 bits per heavy atom. The minimum atomic E-state index is 0.704. The van der Waals surface area contributed by atoms with Crippen molar-refractivity contribution in [3.8, 4) is 6.07 Å². The molecule has 0 heterocycles. The Bertz CT molecular complexity index is 276. The maximum atomic E-state index is 8.35. The fraction of sp³-hybridized carbons (Fsp3) is 0.417. The van der Waals surface area contributed by atoms with E-state index < -0.39 is 0 Å². The summed E-state index contributed by atoms with van der Waals surface area (Å²) in [6, 6.07) is 12.6. The lowest BCUT2D eigenvalue weighted by atomic mass is 10.2. The van der Waals surface area contributed by atoms with Gasteiger partial charge in [-0.05, 0) is 30.7 Å². The second-order valence-electron chi connectivity index (χ2n) is 3.13. The van der Waals surface area contributed by atoms with Crippen LogP contribution in [-0.2, 0) is 0 Å². The summed E-state index contributed by atoms with van der Waals surface area (Å²) in [5.74, 6) is 1.16. The van der Waals surface area contributed by atoms with E-state index in [-0.39, 0.29) is 0 Å². The normalized spacial score (nSPS) is 9.64. The van der Waals surface area contributed by atoms with E-state index in [0.29, 0.717) is 6.42 Å². The molecule has 1 nitrogen and oxygen atoms in total. The van der Waals surface area contributed by atoms with E-state index in [1.165, 1.54) is 17.7 Å². The van der Waals surface area contributed by atoms with Gasteiger partial charge in [0.25, 0.3) is 0 Å². The van der Waals surface area contributed by atoms with Crippen LogP contribution in [0, 0.1) is 11.3 Å². The first-order chi connectivity index (χ1) is 6.93.